The van der Waals surface area contributed by atoms with Crippen LogP contribution in [0.2, 0.25) is 18.1 Å². The second-order valence-corrected chi connectivity index (χ2v) is 23.0. The van der Waals surface area contributed by atoms with E-state index >= 15 is 0 Å². The van der Waals surface area contributed by atoms with Gasteiger partial charge in [0.15, 0.2) is 8.32 Å². The van der Waals surface area contributed by atoms with Crippen molar-refractivity contribution in [2.45, 2.75) is 72.2 Å². The molecule has 2 aliphatic heterocycles. The van der Waals surface area contributed by atoms with Gasteiger partial charge in [-0.25, -0.2) is 22.4 Å². The average Bonchev–Trinajstić information content (AvgIpc) is 3.26. The largest absolute Gasteiger partial charge is 0.450 e. The molecular weight excluding hydrogens is 966 g/mol. The van der Waals surface area contributed by atoms with Gasteiger partial charge in [0.25, 0.3) is 0 Å². The number of nitrogens with zero attached hydrogens (tertiary/aromatic N) is 3. The van der Waals surface area contributed by atoms with E-state index in [1.165, 1.54) is 29.2 Å². The molecule has 4 N–H and O–H groups in total. The van der Waals surface area contributed by atoms with E-state index in [0.717, 1.165) is 69.0 Å². The lowest BCUT2D eigenvalue weighted by Crippen LogP contribution is -2.43. The summed E-state index contributed by atoms with van der Waals surface area (Å²) in [6.45, 7) is 20.6. The Balaban J connectivity index is 0.000000230. The number of hydrogen-bond acceptors (Lipinski definition) is 9. The van der Waals surface area contributed by atoms with Gasteiger partial charge < -0.3 is 44.7 Å². The predicted octanol–water partition coefficient (Wildman–Crippen LogP) is 9.74. The molecular formula is C46H63Br2F4N5O5Si. The summed E-state index contributed by atoms with van der Waals surface area (Å²) in [4.78, 5) is 17.0. The Morgan fingerprint density at radius 2 is 1.16 bits per heavy atom. The van der Waals surface area contributed by atoms with Crippen molar-refractivity contribution >= 4 is 57.6 Å². The molecule has 2 fully saturated rings. The summed E-state index contributed by atoms with van der Waals surface area (Å²) >= 11 is 6.19. The van der Waals surface area contributed by atoms with E-state index in [4.69, 9.17) is 19.4 Å². The first-order valence-electron chi connectivity index (χ1n) is 20.9. The minimum atomic E-state index is -1.73. The number of hydrogen-bond donors (Lipinski definition) is 4. The van der Waals surface area contributed by atoms with Gasteiger partial charge in [-0.2, -0.15) is 0 Å². The maximum Gasteiger partial charge on any atom is 0.409 e. The molecule has 2 saturated heterocycles. The number of ether oxygens (including phenoxy) is 1. The molecule has 0 aromatic heterocycles. The second kappa shape index (κ2) is 26.4. The monoisotopic (exact) mass is 1030 g/mol. The number of nitrogens with one attached hydrogen (secondary N) is 2. The Hall–Kier alpha value is -3.55. The van der Waals surface area contributed by atoms with E-state index in [2.05, 4.69) is 76.4 Å². The fraction of sp³-hybridized carbons (Fsp3) is 0.457. The van der Waals surface area contributed by atoms with Crippen molar-refractivity contribution in [3.8, 4) is 0 Å². The van der Waals surface area contributed by atoms with E-state index in [0.29, 0.717) is 45.6 Å². The first kappa shape index (κ1) is 53.8. The molecule has 348 valence electrons. The standard InChI is InChI=1S/C15H22FN3O2.C13H20BrFOSi.C11H15FN2O.C7H6BrFO/c1-3-21-15(20)18(2)11-12-4-5-14(13(16)10-12)19-8-6-17-7-9-19;1-13(2,3)17(4,5)16-9-10-6-7-12(15)11(14)8-10;12-10-2-1-9(8-15)7-11(10)14-5-3-13-4-6-14;8-6-3-5(4-10)1-2-7(6)9/h4-5,10,17H,3,6-9,11H2,1-2H3;6-8H,9H2,1-5H3;1-2,7,13,15H,3-6,8H2;1-3,10H,4H2. The molecule has 0 bridgehead atoms. The number of amides is 1. The van der Waals surface area contributed by atoms with E-state index in [1.54, 1.807) is 56.4 Å². The molecule has 10 nitrogen and oxygen atoms in total. The van der Waals surface area contributed by atoms with Crippen molar-refractivity contribution in [2.24, 2.45) is 0 Å². The van der Waals surface area contributed by atoms with Gasteiger partial charge in [-0.05, 0) is 128 Å². The van der Waals surface area contributed by atoms with Crippen molar-refractivity contribution in [3.05, 3.63) is 127 Å². The molecule has 4 aromatic rings. The number of carbonyl (C=O) groups excluding carboxylic acids is 1. The molecule has 2 heterocycles. The minimum Gasteiger partial charge on any atom is -0.450 e. The highest BCUT2D eigenvalue weighted by Gasteiger charge is 2.37. The van der Waals surface area contributed by atoms with E-state index in [9.17, 15) is 22.4 Å². The van der Waals surface area contributed by atoms with Crippen LogP contribution in [-0.2, 0) is 35.5 Å². The minimum absolute atomic E-state index is 0.0423. The van der Waals surface area contributed by atoms with Crippen molar-refractivity contribution in [2.75, 3.05) is 75.8 Å². The summed E-state index contributed by atoms with van der Waals surface area (Å²) in [5.41, 5.74) is 4.44. The molecule has 2 aliphatic rings. The Morgan fingerprint density at radius 1 is 0.698 bits per heavy atom. The quantitative estimate of drug-likeness (QED) is 0.0913. The van der Waals surface area contributed by atoms with E-state index in [1.807, 2.05) is 15.9 Å². The van der Waals surface area contributed by atoms with Crippen molar-refractivity contribution in [3.63, 3.8) is 0 Å². The average molecular weight is 1030 g/mol. The molecule has 0 aliphatic carbocycles. The SMILES string of the molecule is CC(C)(C)[Si](C)(C)OCc1ccc(F)c(Br)c1.CCOC(=O)N(C)Cc1ccc(N2CCNCC2)c(F)c1.OCc1ccc(F)c(Br)c1.OCc1ccc(F)c(N2CCNCC2)c1. The normalized spacial score (nSPS) is 14.0. The maximum absolute atomic E-state index is 14.2. The molecule has 63 heavy (non-hydrogen) atoms. The molecule has 0 atom stereocenters. The summed E-state index contributed by atoms with van der Waals surface area (Å²) in [6, 6.07) is 19.3. The Labute approximate surface area is 388 Å². The highest BCUT2D eigenvalue weighted by molar-refractivity contribution is 9.10. The van der Waals surface area contributed by atoms with Crippen molar-refractivity contribution in [1.82, 2.24) is 15.5 Å². The highest BCUT2D eigenvalue weighted by Crippen LogP contribution is 2.37. The first-order valence-corrected chi connectivity index (χ1v) is 25.4. The van der Waals surface area contributed by atoms with Gasteiger partial charge in [0.2, 0.25) is 0 Å². The lowest BCUT2D eigenvalue weighted by atomic mass is 10.1. The molecule has 0 spiro atoms. The molecule has 17 heteroatoms. The van der Waals surface area contributed by atoms with Gasteiger partial charge in [0.05, 0.1) is 46.7 Å². The van der Waals surface area contributed by atoms with Crippen LogP contribution >= 0.6 is 31.9 Å². The van der Waals surface area contributed by atoms with Crippen LogP contribution in [0.25, 0.3) is 0 Å². The van der Waals surface area contributed by atoms with Gasteiger partial charge in [0.1, 0.15) is 23.3 Å². The number of anilines is 2. The zero-order valence-corrected chi connectivity index (χ0v) is 41.5. The number of halogens is 6. The highest BCUT2D eigenvalue weighted by atomic mass is 79.9. The summed E-state index contributed by atoms with van der Waals surface area (Å²) in [6.07, 6.45) is -0.399. The predicted molar refractivity (Wildman–Crippen MR) is 253 cm³/mol. The Bertz CT molecular complexity index is 2040. The molecule has 0 saturated carbocycles. The van der Waals surface area contributed by atoms with Crippen LogP contribution in [0.3, 0.4) is 0 Å². The van der Waals surface area contributed by atoms with Crippen LogP contribution < -0.4 is 20.4 Å². The van der Waals surface area contributed by atoms with Crippen molar-refractivity contribution < 1.29 is 41.7 Å². The third kappa shape index (κ3) is 17.7. The van der Waals surface area contributed by atoms with Crippen LogP contribution in [0, 0.1) is 23.3 Å². The van der Waals surface area contributed by atoms with Crippen LogP contribution in [0.5, 0.6) is 0 Å². The summed E-state index contributed by atoms with van der Waals surface area (Å²) in [7, 11) is -0.0887. The van der Waals surface area contributed by atoms with E-state index < -0.39 is 14.4 Å². The van der Waals surface area contributed by atoms with Gasteiger partial charge in [-0.1, -0.05) is 45.0 Å². The van der Waals surface area contributed by atoms with Gasteiger partial charge >= 0.3 is 6.09 Å². The van der Waals surface area contributed by atoms with Gasteiger partial charge in [-0.3, -0.25) is 0 Å². The fourth-order valence-electron chi connectivity index (χ4n) is 5.94. The second-order valence-electron chi connectivity index (χ2n) is 16.5. The number of benzene rings is 4. The third-order valence-corrected chi connectivity index (χ3v) is 16.4. The number of piperazine rings is 2. The molecule has 0 radical (unpaired) electrons. The van der Waals surface area contributed by atoms with Crippen molar-refractivity contribution in [1.29, 1.82) is 0 Å². The topological polar surface area (TPSA) is 110 Å². The Kier molecular flexibility index (Phi) is 22.6. The van der Waals surface area contributed by atoms with Crippen LogP contribution in [-0.4, -0.2) is 95.5 Å². The van der Waals surface area contributed by atoms with Crippen LogP contribution in [0.4, 0.5) is 33.7 Å². The molecule has 4 aromatic carbocycles. The van der Waals surface area contributed by atoms with Crippen LogP contribution in [0.15, 0.2) is 81.7 Å². The zero-order chi connectivity index (χ0) is 46.7. The fourth-order valence-corrected chi connectivity index (χ4v) is 7.75. The maximum atomic E-state index is 14.2. The summed E-state index contributed by atoms with van der Waals surface area (Å²) in [5.74, 6) is -1.00. The van der Waals surface area contributed by atoms with Crippen LogP contribution in [0.1, 0.15) is 49.9 Å². The number of rotatable bonds is 10. The smallest absolute Gasteiger partial charge is 0.409 e. The third-order valence-electron chi connectivity index (χ3n) is 10.7. The number of carbonyl (C=O) groups is 1. The summed E-state index contributed by atoms with van der Waals surface area (Å²) < 4.78 is 65.2. The molecule has 0 unspecified atom stereocenters. The first-order chi connectivity index (χ1) is 29.8. The van der Waals surface area contributed by atoms with Gasteiger partial charge in [-0.15, -0.1) is 0 Å². The van der Waals surface area contributed by atoms with E-state index in [-0.39, 0.29) is 41.5 Å². The Morgan fingerprint density at radius 3 is 1.63 bits per heavy atom. The summed E-state index contributed by atoms with van der Waals surface area (Å²) in [5, 5.41) is 24.3. The van der Waals surface area contributed by atoms with Gasteiger partial charge in [0, 0.05) is 66.0 Å². The number of aliphatic hydroxyl groups excluding tert-OH is 2. The lowest BCUT2D eigenvalue weighted by molar-refractivity contribution is 0.114. The zero-order valence-electron chi connectivity index (χ0n) is 37.3. The lowest BCUT2D eigenvalue weighted by Gasteiger charge is -2.36. The molecule has 6 rings (SSSR count). The number of aliphatic hydroxyl groups is 2. The molecule has 1 amide bonds.